The lowest BCUT2D eigenvalue weighted by Gasteiger charge is -2.01. The second-order valence-corrected chi connectivity index (χ2v) is 5.27. The highest BCUT2D eigenvalue weighted by molar-refractivity contribution is 9.11. The first-order chi connectivity index (χ1) is 7.15. The molecule has 2 aromatic heterocycles. The molecule has 0 fully saturated rings. The Morgan fingerprint density at radius 2 is 1.53 bits per heavy atom. The first-order valence-corrected chi connectivity index (χ1v) is 6.34. The van der Waals surface area contributed by atoms with Gasteiger partial charge in [-0.3, -0.25) is 4.98 Å². The fraction of sp³-hybridized carbons (Fsp3) is 0. The fourth-order valence-corrected chi connectivity index (χ4v) is 2.50. The Morgan fingerprint density at radius 3 is 2.13 bits per heavy atom. The molecule has 0 aliphatic carbocycles. The van der Waals surface area contributed by atoms with E-state index >= 15 is 0 Å². The molecule has 0 aliphatic heterocycles. The molecule has 0 atom stereocenters. The average molecular weight is 394 g/mol. The monoisotopic (exact) mass is 391 g/mol. The molecular weight excluding hydrogens is 390 g/mol. The lowest BCUT2D eigenvalue weighted by Crippen LogP contribution is -1.91. The van der Waals surface area contributed by atoms with E-state index in [0.29, 0.717) is 5.82 Å². The van der Waals surface area contributed by atoms with Crippen LogP contribution in [0.15, 0.2) is 38.2 Å². The van der Waals surface area contributed by atoms with Crippen molar-refractivity contribution >= 4 is 47.8 Å². The SMILES string of the molecule is Brc1cncc(-c2nc(Br)cc(Br)n2)c1. The molecule has 2 rings (SSSR count). The molecule has 0 spiro atoms. The highest BCUT2D eigenvalue weighted by Crippen LogP contribution is 2.22. The maximum Gasteiger partial charge on any atom is 0.163 e. The van der Waals surface area contributed by atoms with Gasteiger partial charge in [-0.2, -0.15) is 0 Å². The Bertz CT molecular complexity index is 481. The summed E-state index contributed by atoms with van der Waals surface area (Å²) in [6, 6.07) is 3.70. The number of nitrogens with zero attached hydrogens (tertiary/aromatic N) is 3. The van der Waals surface area contributed by atoms with Crippen LogP contribution in [0.4, 0.5) is 0 Å². The van der Waals surface area contributed by atoms with Crippen LogP contribution in [-0.4, -0.2) is 15.0 Å². The average Bonchev–Trinajstić information content (AvgIpc) is 2.16. The molecular formula is C9H4Br3N3. The van der Waals surface area contributed by atoms with Crippen molar-refractivity contribution in [2.24, 2.45) is 0 Å². The van der Waals surface area contributed by atoms with Crippen LogP contribution < -0.4 is 0 Å². The molecule has 0 N–H and O–H groups in total. The zero-order valence-electron chi connectivity index (χ0n) is 7.28. The highest BCUT2D eigenvalue weighted by atomic mass is 79.9. The molecule has 0 unspecified atom stereocenters. The minimum Gasteiger partial charge on any atom is -0.263 e. The molecule has 2 heterocycles. The van der Waals surface area contributed by atoms with Gasteiger partial charge in [0.1, 0.15) is 9.21 Å². The fourth-order valence-electron chi connectivity index (χ4n) is 1.05. The van der Waals surface area contributed by atoms with Gasteiger partial charge in [-0.15, -0.1) is 0 Å². The van der Waals surface area contributed by atoms with E-state index in [1.807, 2.05) is 6.07 Å². The summed E-state index contributed by atoms with van der Waals surface area (Å²) in [5, 5.41) is 0. The summed E-state index contributed by atoms with van der Waals surface area (Å²) in [6.07, 6.45) is 3.44. The van der Waals surface area contributed by atoms with Crippen LogP contribution in [-0.2, 0) is 0 Å². The van der Waals surface area contributed by atoms with Gasteiger partial charge in [-0.05, 0) is 53.9 Å². The van der Waals surface area contributed by atoms with E-state index in [9.17, 15) is 0 Å². The molecule has 6 heteroatoms. The number of hydrogen-bond acceptors (Lipinski definition) is 3. The van der Waals surface area contributed by atoms with Crippen molar-refractivity contribution in [2.75, 3.05) is 0 Å². The Morgan fingerprint density at radius 1 is 0.867 bits per heavy atom. The largest absolute Gasteiger partial charge is 0.263 e. The van der Waals surface area contributed by atoms with Gasteiger partial charge in [-0.25, -0.2) is 9.97 Å². The summed E-state index contributed by atoms with van der Waals surface area (Å²) >= 11 is 9.99. The minimum atomic E-state index is 0.630. The third-order valence-corrected chi connectivity index (χ3v) is 2.87. The van der Waals surface area contributed by atoms with Gasteiger partial charge in [0.25, 0.3) is 0 Å². The van der Waals surface area contributed by atoms with Crippen molar-refractivity contribution in [2.45, 2.75) is 0 Å². The van der Waals surface area contributed by atoms with Crippen molar-refractivity contribution in [3.8, 4) is 11.4 Å². The second kappa shape index (κ2) is 4.67. The molecule has 15 heavy (non-hydrogen) atoms. The van der Waals surface area contributed by atoms with Crippen molar-refractivity contribution in [3.63, 3.8) is 0 Å². The number of pyridine rings is 1. The normalized spacial score (nSPS) is 10.3. The first-order valence-electron chi connectivity index (χ1n) is 3.96. The van der Waals surface area contributed by atoms with Crippen LogP contribution >= 0.6 is 47.8 Å². The quantitative estimate of drug-likeness (QED) is 0.691. The Hall–Kier alpha value is -0.330. The molecule has 0 aliphatic rings. The van der Waals surface area contributed by atoms with Gasteiger partial charge in [0.15, 0.2) is 5.82 Å². The maximum atomic E-state index is 4.26. The Kier molecular flexibility index (Phi) is 3.48. The van der Waals surface area contributed by atoms with E-state index in [4.69, 9.17) is 0 Å². The highest BCUT2D eigenvalue weighted by Gasteiger charge is 2.05. The van der Waals surface area contributed by atoms with Crippen LogP contribution in [0.1, 0.15) is 0 Å². The van der Waals surface area contributed by atoms with Crippen LogP contribution in [0.3, 0.4) is 0 Å². The van der Waals surface area contributed by atoms with Crippen molar-refractivity contribution in [1.29, 1.82) is 0 Å². The maximum absolute atomic E-state index is 4.26. The van der Waals surface area contributed by atoms with E-state index in [-0.39, 0.29) is 0 Å². The van der Waals surface area contributed by atoms with E-state index in [1.165, 1.54) is 0 Å². The van der Waals surface area contributed by atoms with Gasteiger partial charge in [0.05, 0.1) is 0 Å². The molecule has 3 nitrogen and oxygen atoms in total. The van der Waals surface area contributed by atoms with Gasteiger partial charge >= 0.3 is 0 Å². The molecule has 2 aromatic rings. The van der Waals surface area contributed by atoms with Gasteiger partial charge in [-0.1, -0.05) is 0 Å². The Balaban J connectivity index is 2.54. The predicted molar refractivity (Wildman–Crippen MR) is 68.4 cm³/mol. The number of rotatable bonds is 1. The summed E-state index contributed by atoms with van der Waals surface area (Å²) in [5.74, 6) is 0.630. The number of hydrogen-bond donors (Lipinski definition) is 0. The third kappa shape index (κ3) is 2.83. The first kappa shape index (κ1) is 11.2. The Labute approximate surface area is 112 Å². The molecule has 0 saturated heterocycles. The zero-order chi connectivity index (χ0) is 10.8. The number of halogens is 3. The second-order valence-electron chi connectivity index (χ2n) is 2.73. The van der Waals surface area contributed by atoms with Crippen LogP contribution in [0, 0.1) is 0 Å². The summed E-state index contributed by atoms with van der Waals surface area (Å²) < 4.78 is 2.37. The third-order valence-electron chi connectivity index (χ3n) is 1.63. The van der Waals surface area contributed by atoms with Crippen molar-refractivity contribution in [3.05, 3.63) is 38.2 Å². The molecule has 0 aromatic carbocycles. The van der Waals surface area contributed by atoms with Gasteiger partial charge in [0.2, 0.25) is 0 Å². The van der Waals surface area contributed by atoms with E-state index in [1.54, 1.807) is 18.5 Å². The lowest BCUT2D eigenvalue weighted by molar-refractivity contribution is 1.11. The lowest BCUT2D eigenvalue weighted by atomic mass is 10.3. The van der Waals surface area contributed by atoms with Crippen LogP contribution in [0.2, 0.25) is 0 Å². The molecule has 76 valence electrons. The minimum absolute atomic E-state index is 0.630. The summed E-state index contributed by atoms with van der Waals surface area (Å²) in [4.78, 5) is 12.6. The zero-order valence-corrected chi connectivity index (χ0v) is 12.0. The van der Waals surface area contributed by atoms with Crippen molar-refractivity contribution < 1.29 is 0 Å². The molecule has 0 radical (unpaired) electrons. The van der Waals surface area contributed by atoms with Gasteiger partial charge in [0, 0.05) is 28.5 Å². The standard InChI is InChI=1S/C9H4Br3N3/c10-6-1-5(3-13-4-6)9-14-7(11)2-8(12)15-9/h1-4H. The molecule has 0 saturated carbocycles. The van der Waals surface area contributed by atoms with E-state index in [2.05, 4.69) is 62.7 Å². The molecule has 0 amide bonds. The summed E-state index contributed by atoms with van der Waals surface area (Å²) in [5.41, 5.74) is 0.867. The smallest absolute Gasteiger partial charge is 0.163 e. The summed E-state index contributed by atoms with van der Waals surface area (Å²) in [7, 11) is 0. The van der Waals surface area contributed by atoms with E-state index in [0.717, 1.165) is 19.2 Å². The van der Waals surface area contributed by atoms with Crippen molar-refractivity contribution in [1.82, 2.24) is 15.0 Å². The molecule has 0 bridgehead atoms. The van der Waals surface area contributed by atoms with E-state index < -0.39 is 0 Å². The van der Waals surface area contributed by atoms with Gasteiger partial charge < -0.3 is 0 Å². The predicted octanol–water partition coefficient (Wildman–Crippen LogP) is 3.83. The van der Waals surface area contributed by atoms with Crippen LogP contribution in [0.5, 0.6) is 0 Å². The topological polar surface area (TPSA) is 38.7 Å². The summed E-state index contributed by atoms with van der Waals surface area (Å²) in [6.45, 7) is 0. The van der Waals surface area contributed by atoms with Crippen LogP contribution in [0.25, 0.3) is 11.4 Å². The number of aromatic nitrogens is 3.